The zero-order valence-electron chi connectivity index (χ0n) is 22.6. The zero-order valence-corrected chi connectivity index (χ0v) is 23.3. The van der Waals surface area contributed by atoms with Crippen molar-refractivity contribution in [3.05, 3.63) is 63.8 Å². The summed E-state index contributed by atoms with van der Waals surface area (Å²) in [6, 6.07) is 7.57. The first-order valence-corrected chi connectivity index (χ1v) is 13.7. The van der Waals surface area contributed by atoms with Crippen molar-refractivity contribution in [3.8, 4) is 0 Å². The molecule has 0 bridgehead atoms. The van der Waals surface area contributed by atoms with Gasteiger partial charge in [0.15, 0.2) is 0 Å². The number of fused-ring (bicyclic) bond motifs is 4. The highest BCUT2D eigenvalue weighted by molar-refractivity contribution is 6.35. The van der Waals surface area contributed by atoms with Crippen molar-refractivity contribution in [2.24, 2.45) is 17.1 Å². The topological polar surface area (TPSA) is 141 Å². The van der Waals surface area contributed by atoms with E-state index >= 15 is 0 Å². The molecule has 3 atom stereocenters. The van der Waals surface area contributed by atoms with Crippen LogP contribution in [-0.4, -0.2) is 55.8 Å². The van der Waals surface area contributed by atoms with Crippen molar-refractivity contribution in [2.75, 3.05) is 6.54 Å². The third-order valence-corrected chi connectivity index (χ3v) is 8.51. The lowest BCUT2D eigenvalue weighted by molar-refractivity contribution is -0.146. The van der Waals surface area contributed by atoms with Gasteiger partial charge in [0.25, 0.3) is 5.91 Å². The van der Waals surface area contributed by atoms with Crippen LogP contribution in [0.3, 0.4) is 0 Å². The first kappa shape index (κ1) is 26.5. The van der Waals surface area contributed by atoms with Crippen molar-refractivity contribution in [2.45, 2.75) is 58.2 Å². The Morgan fingerprint density at radius 3 is 2.67 bits per heavy atom. The minimum Gasteiger partial charge on any atom is -0.338 e. The molecular formula is C29H31ClN6O4. The lowest BCUT2D eigenvalue weighted by Gasteiger charge is -2.31. The highest BCUT2D eigenvalue weighted by Crippen LogP contribution is 2.42. The number of rotatable bonds is 3. The predicted molar refractivity (Wildman–Crippen MR) is 148 cm³/mol. The maximum absolute atomic E-state index is 13.9. The minimum absolute atomic E-state index is 0.201. The molecule has 1 aliphatic carbocycles. The summed E-state index contributed by atoms with van der Waals surface area (Å²) < 4.78 is 0. The third-order valence-electron chi connectivity index (χ3n) is 8.21. The van der Waals surface area contributed by atoms with Crippen molar-refractivity contribution in [1.82, 2.24) is 25.3 Å². The number of benzene rings is 2. The molecule has 5 amide bonds. The second-order valence-electron chi connectivity index (χ2n) is 12.3. The van der Waals surface area contributed by atoms with Gasteiger partial charge in [-0.2, -0.15) is 10.00 Å². The number of H-pyrrole nitrogens is 1. The number of nitrogens with one attached hydrogen (secondary N) is 2. The molecule has 3 heterocycles. The summed E-state index contributed by atoms with van der Waals surface area (Å²) in [4.78, 5) is 56.7. The van der Waals surface area contributed by atoms with Gasteiger partial charge in [-0.25, -0.2) is 4.79 Å². The Morgan fingerprint density at radius 1 is 1.20 bits per heavy atom. The van der Waals surface area contributed by atoms with E-state index in [4.69, 9.17) is 17.3 Å². The standard InChI is InChI=1S/C29H31ClN6O4/c1-28(2,3)14-35-13-20-16(9-21(30)23-19(20)12-32-34-23)8-17(25(35)38)10-22(37)36-26(39)29(33-27(36)40)11-15-6-4-5-7-18(15)24(29)31/h4-7,9,12,17,24H,8,10-11,13-14,31H2,1-3H3,(H,32,34)(H,33,40)/t17-,24?,29?/m0/s1. The molecule has 2 aromatic carbocycles. The van der Waals surface area contributed by atoms with Gasteiger partial charge in [-0.15, -0.1) is 0 Å². The fourth-order valence-corrected chi connectivity index (χ4v) is 6.70. The summed E-state index contributed by atoms with van der Waals surface area (Å²) in [5.74, 6) is -2.40. The van der Waals surface area contributed by atoms with Crippen LogP contribution in [0.1, 0.15) is 55.5 Å². The minimum atomic E-state index is -1.42. The number of carbonyl (C=O) groups is 4. The SMILES string of the molecule is CC(C)(C)CN1Cc2c(cc(Cl)c3[nH]ncc23)C[C@@H](CC(=O)N2C(=O)NC3(Cc4ccccc4C3N)C2=O)C1=O. The molecule has 1 saturated heterocycles. The van der Waals surface area contributed by atoms with Gasteiger partial charge in [-0.1, -0.05) is 56.6 Å². The smallest absolute Gasteiger partial charge is 0.332 e. The lowest BCUT2D eigenvalue weighted by atomic mass is 9.90. The maximum Gasteiger partial charge on any atom is 0.332 e. The van der Waals surface area contributed by atoms with Crippen LogP contribution >= 0.6 is 11.6 Å². The monoisotopic (exact) mass is 562 g/mol. The van der Waals surface area contributed by atoms with E-state index in [1.165, 1.54) is 0 Å². The largest absolute Gasteiger partial charge is 0.338 e. The Bertz CT molecular complexity index is 1590. The van der Waals surface area contributed by atoms with Gasteiger partial charge in [0.2, 0.25) is 11.8 Å². The Hall–Kier alpha value is -3.76. The second kappa shape index (κ2) is 9.14. The van der Waals surface area contributed by atoms with Gasteiger partial charge in [-0.05, 0) is 40.2 Å². The van der Waals surface area contributed by atoms with Crippen LogP contribution in [0.25, 0.3) is 10.9 Å². The highest BCUT2D eigenvalue weighted by Gasteiger charge is 2.60. The van der Waals surface area contributed by atoms with E-state index < -0.39 is 35.3 Å². The molecule has 0 saturated carbocycles. The number of carbonyl (C=O) groups excluding carboxylic acids is 4. The second-order valence-corrected chi connectivity index (χ2v) is 12.7. The molecule has 2 aliphatic heterocycles. The summed E-state index contributed by atoms with van der Waals surface area (Å²) in [6.07, 6.45) is 1.83. The van der Waals surface area contributed by atoms with Crippen LogP contribution in [-0.2, 0) is 33.8 Å². The first-order valence-electron chi connectivity index (χ1n) is 13.3. The Morgan fingerprint density at radius 2 is 1.95 bits per heavy atom. The number of hydrogen-bond donors (Lipinski definition) is 3. The summed E-state index contributed by atoms with van der Waals surface area (Å²) >= 11 is 6.53. The van der Waals surface area contributed by atoms with Crippen LogP contribution in [0, 0.1) is 11.3 Å². The molecule has 4 N–H and O–H groups in total. The predicted octanol–water partition coefficient (Wildman–Crippen LogP) is 3.23. The van der Waals surface area contributed by atoms with E-state index in [2.05, 4.69) is 15.5 Å². The fourth-order valence-electron chi connectivity index (χ4n) is 6.42. The molecule has 3 aliphatic rings. The number of halogens is 1. The fraction of sp³-hybridized carbons (Fsp3) is 0.414. The highest BCUT2D eigenvalue weighted by atomic mass is 35.5. The van der Waals surface area contributed by atoms with Crippen LogP contribution in [0.15, 0.2) is 36.5 Å². The van der Waals surface area contributed by atoms with Gasteiger partial charge in [0.1, 0.15) is 5.54 Å². The number of aromatic amines is 1. The van der Waals surface area contributed by atoms with Crippen molar-refractivity contribution >= 4 is 46.3 Å². The Kier molecular flexibility index (Phi) is 6.05. The lowest BCUT2D eigenvalue weighted by Crippen LogP contribution is -2.53. The van der Waals surface area contributed by atoms with Crippen molar-refractivity contribution in [3.63, 3.8) is 0 Å². The number of urea groups is 1. The van der Waals surface area contributed by atoms with Crippen LogP contribution < -0.4 is 11.1 Å². The molecule has 3 aromatic rings. The average molecular weight is 563 g/mol. The molecular weight excluding hydrogens is 532 g/mol. The molecule has 208 valence electrons. The first-order chi connectivity index (χ1) is 18.9. The molecule has 2 unspecified atom stereocenters. The van der Waals surface area contributed by atoms with Crippen LogP contribution in [0.4, 0.5) is 4.79 Å². The number of amides is 5. The summed E-state index contributed by atoms with van der Waals surface area (Å²) in [5, 5.41) is 11.1. The van der Waals surface area contributed by atoms with E-state index in [0.717, 1.165) is 27.6 Å². The van der Waals surface area contributed by atoms with Crippen molar-refractivity contribution in [1.29, 1.82) is 0 Å². The normalized spacial score (nSPS) is 24.5. The third kappa shape index (κ3) is 4.08. The van der Waals surface area contributed by atoms with E-state index in [1.807, 2.05) is 45.0 Å². The number of nitrogens with zero attached hydrogens (tertiary/aromatic N) is 3. The number of hydrogen-bond acceptors (Lipinski definition) is 6. The molecule has 40 heavy (non-hydrogen) atoms. The quantitative estimate of drug-likeness (QED) is 0.418. The molecule has 10 nitrogen and oxygen atoms in total. The molecule has 0 radical (unpaired) electrons. The zero-order chi connectivity index (χ0) is 28.6. The average Bonchev–Trinajstić information content (AvgIpc) is 3.52. The van der Waals surface area contributed by atoms with Crippen LogP contribution in [0.5, 0.6) is 0 Å². The molecule has 1 spiro atoms. The number of aromatic nitrogens is 2. The van der Waals surface area contributed by atoms with Gasteiger partial charge in [-0.3, -0.25) is 19.5 Å². The maximum atomic E-state index is 13.9. The molecule has 6 rings (SSSR count). The van der Waals surface area contributed by atoms with E-state index in [9.17, 15) is 19.2 Å². The molecule has 1 aromatic heterocycles. The summed E-state index contributed by atoms with van der Waals surface area (Å²) in [5.41, 5.74) is 8.90. The number of nitrogens with two attached hydrogens (primary N) is 1. The van der Waals surface area contributed by atoms with Crippen LogP contribution in [0.2, 0.25) is 5.02 Å². The number of imide groups is 3. The van der Waals surface area contributed by atoms with E-state index in [-0.39, 0.29) is 30.6 Å². The van der Waals surface area contributed by atoms with Gasteiger partial charge in [0.05, 0.1) is 28.7 Å². The van der Waals surface area contributed by atoms with Gasteiger partial charge in [0, 0.05) is 31.3 Å². The van der Waals surface area contributed by atoms with Crippen molar-refractivity contribution < 1.29 is 19.2 Å². The van der Waals surface area contributed by atoms with Gasteiger partial charge >= 0.3 is 6.03 Å². The summed E-state index contributed by atoms with van der Waals surface area (Å²) in [7, 11) is 0. The van der Waals surface area contributed by atoms with E-state index in [0.29, 0.717) is 28.5 Å². The Labute approximate surface area is 236 Å². The Balaban J connectivity index is 1.31. The summed E-state index contributed by atoms with van der Waals surface area (Å²) in [6.45, 7) is 6.91. The molecule has 11 heteroatoms. The van der Waals surface area contributed by atoms with Gasteiger partial charge < -0.3 is 16.0 Å². The van der Waals surface area contributed by atoms with E-state index in [1.54, 1.807) is 17.2 Å². The molecule has 1 fully saturated rings.